The second kappa shape index (κ2) is 11.9. The molecule has 2 aliphatic heterocycles. The zero-order valence-electron chi connectivity index (χ0n) is 21.3. The van der Waals surface area contributed by atoms with Gasteiger partial charge < -0.3 is 14.5 Å². The lowest BCUT2D eigenvalue weighted by molar-refractivity contribution is -0.138. The molecule has 4 heterocycles. The van der Waals surface area contributed by atoms with E-state index in [2.05, 4.69) is 16.0 Å². The van der Waals surface area contributed by atoms with Gasteiger partial charge in [0.1, 0.15) is 11.9 Å². The molecule has 0 unspecified atom stereocenters. The van der Waals surface area contributed by atoms with Crippen molar-refractivity contribution < 1.29 is 14.3 Å². The van der Waals surface area contributed by atoms with Gasteiger partial charge in [-0.15, -0.1) is 0 Å². The fraction of sp³-hybridized carbons (Fsp3) is 0.367. The Morgan fingerprint density at radius 2 is 1.76 bits per heavy atom. The predicted octanol–water partition coefficient (Wildman–Crippen LogP) is 4.17. The minimum Gasteiger partial charge on any atom is -0.490 e. The zero-order valence-corrected chi connectivity index (χ0v) is 21.3. The summed E-state index contributed by atoms with van der Waals surface area (Å²) in [4.78, 5) is 38.0. The largest absolute Gasteiger partial charge is 0.490 e. The number of fused-ring (bicyclic) bond motifs is 1. The Hall–Kier alpha value is -4.25. The highest BCUT2D eigenvalue weighted by Crippen LogP contribution is 2.30. The third kappa shape index (κ3) is 5.83. The second-order valence-electron chi connectivity index (χ2n) is 9.88. The van der Waals surface area contributed by atoms with E-state index in [-0.39, 0.29) is 23.8 Å². The van der Waals surface area contributed by atoms with Crippen molar-refractivity contribution in [2.24, 2.45) is 5.92 Å². The van der Waals surface area contributed by atoms with Gasteiger partial charge in [-0.05, 0) is 54.5 Å². The Balaban J connectivity index is 1.15. The highest BCUT2D eigenvalue weighted by atomic mass is 16.5. The molecule has 0 N–H and O–H groups in total. The molecule has 2 fully saturated rings. The number of ether oxygens (including phenoxy) is 1. The van der Waals surface area contributed by atoms with Crippen LogP contribution in [-0.2, 0) is 11.2 Å². The quantitative estimate of drug-likeness (QED) is 0.463. The first kappa shape index (κ1) is 25.4. The number of hydrogen-bond donors (Lipinski definition) is 0. The number of nitriles is 1. The molecule has 0 bridgehead atoms. The van der Waals surface area contributed by atoms with Crippen molar-refractivity contribution in [2.75, 3.05) is 26.2 Å². The fourth-order valence-corrected chi connectivity index (χ4v) is 5.32. The lowest BCUT2D eigenvalue weighted by Gasteiger charge is -2.37. The van der Waals surface area contributed by atoms with Gasteiger partial charge in [0, 0.05) is 81.2 Å². The van der Waals surface area contributed by atoms with Crippen molar-refractivity contribution in [1.82, 2.24) is 19.8 Å². The Morgan fingerprint density at radius 1 is 1.00 bits per heavy atom. The number of hydrogen-bond acceptors (Lipinski definition) is 6. The summed E-state index contributed by atoms with van der Waals surface area (Å²) in [7, 11) is 0. The van der Waals surface area contributed by atoms with Gasteiger partial charge >= 0.3 is 0 Å². The lowest BCUT2D eigenvalue weighted by atomic mass is 9.93. The van der Waals surface area contributed by atoms with Gasteiger partial charge in [-0.3, -0.25) is 19.6 Å². The van der Waals surface area contributed by atoms with Crippen molar-refractivity contribution >= 4 is 22.6 Å². The van der Waals surface area contributed by atoms with Gasteiger partial charge in [0.05, 0.1) is 11.6 Å². The van der Waals surface area contributed by atoms with Crippen LogP contribution in [0.4, 0.5) is 0 Å². The number of piperidine rings is 2. The van der Waals surface area contributed by atoms with Gasteiger partial charge in [-0.25, -0.2) is 0 Å². The van der Waals surface area contributed by atoms with E-state index in [0.717, 1.165) is 34.9 Å². The average molecular weight is 510 g/mol. The normalized spacial score (nSPS) is 17.0. The summed E-state index contributed by atoms with van der Waals surface area (Å²) in [6.45, 7) is 2.51. The third-order valence-electron chi connectivity index (χ3n) is 7.41. The molecule has 8 heteroatoms. The van der Waals surface area contributed by atoms with Gasteiger partial charge in [0.25, 0.3) is 5.91 Å². The highest BCUT2D eigenvalue weighted by Gasteiger charge is 2.33. The maximum atomic E-state index is 13.2. The van der Waals surface area contributed by atoms with E-state index in [1.165, 1.54) is 6.08 Å². The maximum absolute atomic E-state index is 13.2. The number of aromatic nitrogens is 2. The summed E-state index contributed by atoms with van der Waals surface area (Å²) >= 11 is 0. The van der Waals surface area contributed by atoms with Crippen molar-refractivity contribution in [1.29, 1.82) is 5.26 Å². The van der Waals surface area contributed by atoms with E-state index in [9.17, 15) is 9.59 Å². The van der Waals surface area contributed by atoms with E-state index >= 15 is 0 Å². The molecule has 0 spiro atoms. The molecular weight excluding hydrogens is 478 g/mol. The summed E-state index contributed by atoms with van der Waals surface area (Å²) in [6.07, 6.45) is 13.8. The molecule has 38 heavy (non-hydrogen) atoms. The SMILES string of the molecule is N#CC=CCc1cc(OC2CCN(C(=O)C3CCN(C(=O)c4cccnc4)CC3)CC2)c2cnccc2c1. The van der Waals surface area contributed by atoms with Gasteiger partial charge in [0.2, 0.25) is 5.91 Å². The van der Waals surface area contributed by atoms with Gasteiger partial charge in [0.15, 0.2) is 0 Å². The standard InChI is InChI=1S/C30H31N5O3/c31-11-2-1-4-22-18-24-6-13-33-21-27(24)28(19-22)38-26-9-16-35(17-10-26)29(36)23-7-14-34(15-8-23)30(37)25-5-3-12-32-20-25/h1-3,5-6,12-13,18-21,23,26H,4,7-10,14-17H2. The van der Waals surface area contributed by atoms with E-state index < -0.39 is 0 Å². The molecule has 0 atom stereocenters. The number of rotatable bonds is 6. The molecule has 3 aromatic rings. The molecule has 2 aliphatic rings. The number of benzene rings is 1. The average Bonchev–Trinajstić information content (AvgIpc) is 2.97. The minimum absolute atomic E-state index is 0.0187. The molecule has 194 valence electrons. The molecular formula is C30H31N5O3. The Bertz CT molecular complexity index is 1350. The predicted molar refractivity (Wildman–Crippen MR) is 143 cm³/mol. The summed E-state index contributed by atoms with van der Waals surface area (Å²) < 4.78 is 6.46. The van der Waals surface area contributed by atoms with Crippen LogP contribution < -0.4 is 4.74 Å². The lowest BCUT2D eigenvalue weighted by Crippen LogP contribution is -2.47. The van der Waals surface area contributed by atoms with Gasteiger partial charge in [-0.2, -0.15) is 5.26 Å². The van der Waals surface area contributed by atoms with Crippen LogP contribution in [0, 0.1) is 17.2 Å². The third-order valence-corrected chi connectivity index (χ3v) is 7.41. The Morgan fingerprint density at radius 3 is 2.50 bits per heavy atom. The number of nitrogens with zero attached hydrogens (tertiary/aromatic N) is 5. The highest BCUT2D eigenvalue weighted by molar-refractivity contribution is 5.94. The van der Waals surface area contributed by atoms with Gasteiger partial charge in [-0.1, -0.05) is 12.1 Å². The van der Waals surface area contributed by atoms with Crippen LogP contribution >= 0.6 is 0 Å². The molecule has 0 saturated carbocycles. The number of carbonyl (C=O) groups excluding carboxylic acids is 2. The molecule has 5 rings (SSSR count). The van der Waals surface area contributed by atoms with Crippen molar-refractivity contribution in [2.45, 2.75) is 38.2 Å². The summed E-state index contributed by atoms with van der Waals surface area (Å²) in [5, 5.41) is 10.8. The summed E-state index contributed by atoms with van der Waals surface area (Å²) in [6, 6.07) is 11.7. The van der Waals surface area contributed by atoms with E-state index in [4.69, 9.17) is 10.00 Å². The van der Waals surface area contributed by atoms with Crippen LogP contribution in [0.1, 0.15) is 41.6 Å². The first-order valence-corrected chi connectivity index (χ1v) is 13.2. The molecule has 2 saturated heterocycles. The number of pyridine rings is 2. The van der Waals surface area contributed by atoms with Crippen molar-refractivity contribution in [3.63, 3.8) is 0 Å². The van der Waals surface area contributed by atoms with Crippen LogP contribution in [0.3, 0.4) is 0 Å². The molecule has 8 nitrogen and oxygen atoms in total. The molecule has 2 aromatic heterocycles. The van der Waals surface area contributed by atoms with Crippen molar-refractivity contribution in [3.8, 4) is 11.8 Å². The fourth-order valence-electron chi connectivity index (χ4n) is 5.32. The topological polar surface area (TPSA) is 99.4 Å². The van der Waals surface area contributed by atoms with Crippen molar-refractivity contribution in [3.05, 3.63) is 78.4 Å². The number of amides is 2. The van der Waals surface area contributed by atoms with E-state index in [1.807, 2.05) is 40.3 Å². The Kier molecular flexibility index (Phi) is 7.93. The first-order valence-electron chi connectivity index (χ1n) is 13.2. The minimum atomic E-state index is -0.0430. The molecule has 0 radical (unpaired) electrons. The molecule has 2 amide bonds. The molecule has 1 aromatic carbocycles. The van der Waals surface area contributed by atoms with Crippen LogP contribution in [0.5, 0.6) is 5.75 Å². The van der Waals surface area contributed by atoms with E-state index in [0.29, 0.717) is 51.0 Å². The van der Waals surface area contributed by atoms with Crippen LogP contribution in [-0.4, -0.2) is 63.9 Å². The number of likely N-dealkylation sites (tertiary alicyclic amines) is 2. The van der Waals surface area contributed by atoms with E-state index in [1.54, 1.807) is 30.7 Å². The van der Waals surface area contributed by atoms with Crippen LogP contribution in [0.25, 0.3) is 10.8 Å². The Labute approximate surface area is 222 Å². The van der Waals surface area contributed by atoms with Crippen LogP contribution in [0.15, 0.2) is 67.3 Å². The van der Waals surface area contributed by atoms with Crippen LogP contribution in [0.2, 0.25) is 0 Å². The number of carbonyl (C=O) groups is 2. The smallest absolute Gasteiger partial charge is 0.255 e. The summed E-state index contributed by atoms with van der Waals surface area (Å²) in [5.41, 5.74) is 1.67. The zero-order chi connectivity index (χ0) is 26.3. The summed E-state index contributed by atoms with van der Waals surface area (Å²) in [5.74, 6) is 0.928. The second-order valence-corrected chi connectivity index (χ2v) is 9.88. The first-order chi connectivity index (χ1) is 18.6. The molecule has 0 aliphatic carbocycles. The maximum Gasteiger partial charge on any atom is 0.255 e. The monoisotopic (exact) mass is 509 g/mol. The number of allylic oxidation sites excluding steroid dienone is 2.